The Hall–Kier alpha value is -0.850. The van der Waals surface area contributed by atoms with Crippen molar-refractivity contribution < 1.29 is 4.79 Å². The smallest absolute Gasteiger partial charge is 0.133 e. The van der Waals surface area contributed by atoms with Crippen molar-refractivity contribution in [2.45, 2.75) is 96.8 Å². The number of hydrogen-bond acceptors (Lipinski definition) is 1. The second kappa shape index (κ2) is 17.2. The summed E-state index contributed by atoms with van der Waals surface area (Å²) < 4.78 is 0. The number of carbonyl (C=O) groups excluding carboxylic acids is 1. The van der Waals surface area contributed by atoms with Gasteiger partial charge in [-0.1, -0.05) is 76.5 Å². The van der Waals surface area contributed by atoms with E-state index in [2.05, 4.69) is 25.7 Å². The van der Waals surface area contributed by atoms with Crippen LogP contribution < -0.4 is 0 Å². The Labute approximate surface area is 132 Å². The van der Waals surface area contributed by atoms with Gasteiger partial charge in [-0.2, -0.15) is 0 Å². The van der Waals surface area contributed by atoms with Gasteiger partial charge in [0.15, 0.2) is 0 Å². The molecule has 1 heteroatoms. The lowest BCUT2D eigenvalue weighted by atomic mass is 10.1. The van der Waals surface area contributed by atoms with E-state index in [9.17, 15) is 4.79 Å². The van der Waals surface area contributed by atoms with Gasteiger partial charge in [-0.05, 0) is 25.7 Å². The highest BCUT2D eigenvalue weighted by Gasteiger charge is 1.97. The van der Waals surface area contributed by atoms with Crippen LogP contribution >= 0.6 is 0 Å². The molecule has 0 fully saturated rings. The van der Waals surface area contributed by atoms with E-state index in [-0.39, 0.29) is 0 Å². The van der Waals surface area contributed by atoms with E-state index in [1.807, 2.05) is 6.08 Å². The van der Waals surface area contributed by atoms with Crippen LogP contribution in [0.5, 0.6) is 0 Å². The van der Waals surface area contributed by atoms with Crippen molar-refractivity contribution in [3.05, 3.63) is 24.8 Å². The molecule has 0 aliphatic rings. The van der Waals surface area contributed by atoms with Crippen LogP contribution in [0.1, 0.15) is 96.8 Å². The summed E-state index contributed by atoms with van der Waals surface area (Å²) in [5.41, 5.74) is 0. The maximum Gasteiger partial charge on any atom is 0.133 e. The number of hydrogen-bond donors (Lipinski definition) is 0. The Balaban J connectivity index is 3.18. The summed E-state index contributed by atoms with van der Waals surface area (Å²) in [6.07, 6.45) is 23.0. The highest BCUT2D eigenvalue weighted by Crippen LogP contribution is 2.10. The topological polar surface area (TPSA) is 17.1 Å². The third-order valence-corrected chi connectivity index (χ3v) is 3.86. The number of carbonyl (C=O) groups is 1. The van der Waals surface area contributed by atoms with Crippen LogP contribution in [-0.2, 0) is 4.79 Å². The molecule has 122 valence electrons. The fourth-order valence-electron chi connectivity index (χ4n) is 2.44. The maximum absolute atomic E-state index is 11.4. The quantitative estimate of drug-likeness (QED) is 0.226. The molecule has 0 aromatic rings. The molecular formula is C20H36O. The Morgan fingerprint density at radius 1 is 0.762 bits per heavy atom. The van der Waals surface area contributed by atoms with Crippen LogP contribution in [0.4, 0.5) is 0 Å². The van der Waals surface area contributed by atoms with E-state index < -0.39 is 0 Å². The molecule has 21 heavy (non-hydrogen) atoms. The van der Waals surface area contributed by atoms with Crippen molar-refractivity contribution >= 4 is 5.78 Å². The molecule has 0 aromatic carbocycles. The summed E-state index contributed by atoms with van der Waals surface area (Å²) in [6.45, 7) is 5.90. The SMILES string of the molecule is C=CCCC(=O)CC/C=C/CCCCCCCCCCC. The molecule has 0 rings (SSSR count). The van der Waals surface area contributed by atoms with Gasteiger partial charge in [-0.25, -0.2) is 0 Å². The first-order valence-electron chi connectivity index (χ1n) is 9.08. The summed E-state index contributed by atoms with van der Waals surface area (Å²) in [6, 6.07) is 0. The minimum atomic E-state index is 0.364. The van der Waals surface area contributed by atoms with Gasteiger partial charge in [-0.15, -0.1) is 6.58 Å². The second-order valence-corrected chi connectivity index (χ2v) is 5.99. The molecule has 0 radical (unpaired) electrons. The second-order valence-electron chi connectivity index (χ2n) is 5.99. The van der Waals surface area contributed by atoms with Crippen molar-refractivity contribution in [2.24, 2.45) is 0 Å². The van der Waals surface area contributed by atoms with Crippen LogP contribution in [0.15, 0.2) is 24.8 Å². The van der Waals surface area contributed by atoms with Gasteiger partial charge in [0, 0.05) is 12.8 Å². The number of ketones is 1. The summed E-state index contributed by atoms with van der Waals surface area (Å²) in [4.78, 5) is 11.4. The lowest BCUT2D eigenvalue weighted by molar-refractivity contribution is -0.118. The molecule has 0 N–H and O–H groups in total. The van der Waals surface area contributed by atoms with Crippen molar-refractivity contribution in [3.8, 4) is 0 Å². The van der Waals surface area contributed by atoms with Crippen molar-refractivity contribution in [1.29, 1.82) is 0 Å². The average Bonchev–Trinajstić information content (AvgIpc) is 2.49. The van der Waals surface area contributed by atoms with Crippen LogP contribution in [0, 0.1) is 0 Å². The summed E-state index contributed by atoms with van der Waals surface area (Å²) in [5, 5.41) is 0. The van der Waals surface area contributed by atoms with Gasteiger partial charge in [0.1, 0.15) is 5.78 Å². The van der Waals surface area contributed by atoms with E-state index in [4.69, 9.17) is 0 Å². The third kappa shape index (κ3) is 17.1. The predicted molar refractivity (Wildman–Crippen MR) is 94.7 cm³/mol. The zero-order valence-corrected chi connectivity index (χ0v) is 14.2. The Bertz CT molecular complexity index is 265. The Kier molecular flexibility index (Phi) is 16.5. The van der Waals surface area contributed by atoms with Gasteiger partial charge < -0.3 is 0 Å². The van der Waals surface area contributed by atoms with Gasteiger partial charge in [0.25, 0.3) is 0 Å². The molecule has 0 aromatic heterocycles. The Morgan fingerprint density at radius 2 is 1.29 bits per heavy atom. The first-order valence-corrected chi connectivity index (χ1v) is 9.08. The first kappa shape index (κ1) is 20.1. The van der Waals surface area contributed by atoms with E-state index >= 15 is 0 Å². The molecule has 0 atom stereocenters. The fraction of sp³-hybridized carbons (Fsp3) is 0.750. The molecule has 0 saturated heterocycles. The molecule has 0 amide bonds. The lowest BCUT2D eigenvalue weighted by Gasteiger charge is -2.00. The number of allylic oxidation sites excluding steroid dienone is 3. The monoisotopic (exact) mass is 292 g/mol. The lowest BCUT2D eigenvalue weighted by Crippen LogP contribution is -1.95. The number of Topliss-reactive ketones (excluding diaryl/α,β-unsaturated/α-hetero) is 1. The van der Waals surface area contributed by atoms with Crippen molar-refractivity contribution in [2.75, 3.05) is 0 Å². The van der Waals surface area contributed by atoms with Crippen molar-refractivity contribution in [1.82, 2.24) is 0 Å². The maximum atomic E-state index is 11.4. The van der Waals surface area contributed by atoms with Crippen LogP contribution in [0.3, 0.4) is 0 Å². The molecule has 0 bridgehead atoms. The molecule has 1 nitrogen and oxygen atoms in total. The molecule has 0 heterocycles. The number of rotatable bonds is 16. The van der Waals surface area contributed by atoms with Gasteiger partial charge in [0.2, 0.25) is 0 Å². The standard InChI is InChI=1S/C20H36O/c1-3-5-7-8-9-10-11-12-13-14-15-16-17-19-20(21)18-6-4-2/h4,15-16H,2-3,5-14,17-19H2,1H3/b16-15+. The van der Waals surface area contributed by atoms with Gasteiger partial charge in [0.05, 0.1) is 0 Å². The highest BCUT2D eigenvalue weighted by atomic mass is 16.1. The third-order valence-electron chi connectivity index (χ3n) is 3.86. The minimum Gasteiger partial charge on any atom is -0.300 e. The van der Waals surface area contributed by atoms with Crippen LogP contribution in [0.2, 0.25) is 0 Å². The minimum absolute atomic E-state index is 0.364. The summed E-state index contributed by atoms with van der Waals surface area (Å²) in [5.74, 6) is 0.364. The van der Waals surface area contributed by atoms with E-state index in [1.54, 1.807) is 0 Å². The first-order chi connectivity index (χ1) is 10.3. The molecule has 0 unspecified atom stereocenters. The summed E-state index contributed by atoms with van der Waals surface area (Å²) in [7, 11) is 0. The predicted octanol–water partition coefficient (Wildman–Crippen LogP) is 6.78. The zero-order valence-electron chi connectivity index (χ0n) is 14.2. The number of unbranched alkanes of at least 4 members (excludes halogenated alkanes) is 9. The molecular weight excluding hydrogens is 256 g/mol. The fourth-order valence-corrected chi connectivity index (χ4v) is 2.44. The van der Waals surface area contributed by atoms with Crippen LogP contribution in [0.25, 0.3) is 0 Å². The normalized spacial score (nSPS) is 11.1. The molecule has 0 spiro atoms. The van der Waals surface area contributed by atoms with Crippen LogP contribution in [-0.4, -0.2) is 5.78 Å². The molecule has 0 aliphatic carbocycles. The van der Waals surface area contributed by atoms with E-state index in [0.29, 0.717) is 18.6 Å². The Morgan fingerprint density at radius 3 is 1.90 bits per heavy atom. The molecule has 0 aliphatic heterocycles. The van der Waals surface area contributed by atoms with Crippen molar-refractivity contribution in [3.63, 3.8) is 0 Å². The van der Waals surface area contributed by atoms with E-state index in [1.165, 1.54) is 64.2 Å². The van der Waals surface area contributed by atoms with E-state index in [0.717, 1.165) is 12.8 Å². The zero-order chi connectivity index (χ0) is 15.6. The highest BCUT2D eigenvalue weighted by molar-refractivity contribution is 5.78. The average molecular weight is 293 g/mol. The molecule has 0 saturated carbocycles. The summed E-state index contributed by atoms with van der Waals surface area (Å²) >= 11 is 0. The largest absolute Gasteiger partial charge is 0.300 e. The van der Waals surface area contributed by atoms with Gasteiger partial charge in [-0.3, -0.25) is 4.79 Å². The van der Waals surface area contributed by atoms with Gasteiger partial charge >= 0.3 is 0 Å².